The molecule has 0 aromatic rings. The average molecular weight is 145 g/mol. The Morgan fingerprint density at radius 3 is 2.80 bits per heavy atom. The van der Waals surface area contributed by atoms with Gasteiger partial charge in [-0.05, 0) is 6.42 Å². The van der Waals surface area contributed by atoms with Crippen LogP contribution in [-0.4, -0.2) is 30.3 Å². The summed E-state index contributed by atoms with van der Waals surface area (Å²) in [6, 6.07) is 0. The smallest absolute Gasteiger partial charge is 0.404 e. The van der Waals surface area contributed by atoms with Crippen molar-refractivity contribution >= 4 is 6.09 Å². The van der Waals surface area contributed by atoms with E-state index in [1.165, 1.54) is 0 Å². The Bertz CT molecular complexity index is 139. The summed E-state index contributed by atoms with van der Waals surface area (Å²) >= 11 is 0. The van der Waals surface area contributed by atoms with E-state index in [-0.39, 0.29) is 6.10 Å². The molecule has 58 valence electrons. The topological polar surface area (TPSA) is 81.6 Å². The van der Waals surface area contributed by atoms with Crippen molar-refractivity contribution in [1.82, 2.24) is 5.01 Å². The monoisotopic (exact) mass is 145 g/mol. The quantitative estimate of drug-likeness (QED) is 0.465. The predicted molar refractivity (Wildman–Crippen MR) is 34.8 cm³/mol. The number of amides is 1. The first kappa shape index (κ1) is 7.30. The summed E-state index contributed by atoms with van der Waals surface area (Å²) in [6.07, 6.45) is -0.0535. The van der Waals surface area contributed by atoms with Crippen molar-refractivity contribution < 1.29 is 9.53 Å². The predicted octanol–water partition coefficient (Wildman–Crippen LogP) is -0.970. The number of carbonyl (C=O) groups is 1. The van der Waals surface area contributed by atoms with Crippen LogP contribution in [0.3, 0.4) is 0 Å². The van der Waals surface area contributed by atoms with Gasteiger partial charge >= 0.3 is 6.09 Å². The molecule has 4 N–H and O–H groups in total. The van der Waals surface area contributed by atoms with Crippen molar-refractivity contribution in [3.8, 4) is 0 Å². The van der Waals surface area contributed by atoms with Crippen molar-refractivity contribution in [2.24, 2.45) is 11.6 Å². The molecule has 0 aromatic carbocycles. The summed E-state index contributed by atoms with van der Waals surface area (Å²) in [7, 11) is 0. The number of nitrogens with two attached hydrogens (primary N) is 2. The molecule has 0 bridgehead atoms. The molecular formula is C5H11N3O2. The summed E-state index contributed by atoms with van der Waals surface area (Å²) in [5, 5.41) is 1.60. The molecule has 5 heteroatoms. The van der Waals surface area contributed by atoms with Gasteiger partial charge in [-0.1, -0.05) is 0 Å². The molecule has 1 saturated heterocycles. The molecule has 1 fully saturated rings. The summed E-state index contributed by atoms with van der Waals surface area (Å²) in [5.41, 5.74) is 4.80. The third-order valence-corrected chi connectivity index (χ3v) is 1.46. The van der Waals surface area contributed by atoms with E-state index in [4.69, 9.17) is 16.3 Å². The highest BCUT2D eigenvalue weighted by Gasteiger charge is 2.22. The molecule has 10 heavy (non-hydrogen) atoms. The number of primary amides is 1. The fourth-order valence-electron chi connectivity index (χ4n) is 1.01. The van der Waals surface area contributed by atoms with Gasteiger partial charge in [-0.2, -0.15) is 0 Å². The lowest BCUT2D eigenvalue weighted by Gasteiger charge is -2.08. The molecule has 0 aromatic heterocycles. The zero-order chi connectivity index (χ0) is 7.56. The van der Waals surface area contributed by atoms with Crippen LogP contribution in [0.25, 0.3) is 0 Å². The maximum atomic E-state index is 10.2. The molecular weight excluding hydrogens is 134 g/mol. The molecule has 0 aliphatic carbocycles. The number of rotatable bonds is 1. The minimum absolute atomic E-state index is 0.109. The Labute approximate surface area is 58.9 Å². The van der Waals surface area contributed by atoms with Crippen molar-refractivity contribution in [2.75, 3.05) is 13.1 Å². The lowest BCUT2D eigenvalue weighted by atomic mass is 10.3. The zero-order valence-electron chi connectivity index (χ0n) is 5.62. The summed E-state index contributed by atoms with van der Waals surface area (Å²) < 4.78 is 4.70. The SMILES string of the molecule is NC(=O)OC1CCN(N)C1. The van der Waals surface area contributed by atoms with Gasteiger partial charge in [0.15, 0.2) is 0 Å². The van der Waals surface area contributed by atoms with Crippen LogP contribution in [0.15, 0.2) is 0 Å². The van der Waals surface area contributed by atoms with Crippen molar-refractivity contribution in [3.05, 3.63) is 0 Å². The average Bonchev–Trinajstić information content (AvgIpc) is 2.13. The van der Waals surface area contributed by atoms with E-state index in [1.54, 1.807) is 5.01 Å². The van der Waals surface area contributed by atoms with Gasteiger partial charge in [-0.3, -0.25) is 5.84 Å². The Morgan fingerprint density at radius 2 is 2.40 bits per heavy atom. The normalized spacial score (nSPS) is 26.7. The first-order valence-electron chi connectivity index (χ1n) is 3.14. The lowest BCUT2D eigenvalue weighted by molar-refractivity contribution is 0.109. The third kappa shape index (κ3) is 1.85. The number of carbonyl (C=O) groups excluding carboxylic acids is 1. The molecule has 1 aliphatic heterocycles. The molecule has 1 amide bonds. The number of hydrogen-bond donors (Lipinski definition) is 2. The zero-order valence-corrected chi connectivity index (χ0v) is 5.62. The minimum Gasteiger partial charge on any atom is -0.445 e. The van der Waals surface area contributed by atoms with E-state index in [2.05, 4.69) is 0 Å². The van der Waals surface area contributed by atoms with Gasteiger partial charge in [0.1, 0.15) is 6.10 Å². The Kier molecular flexibility index (Phi) is 2.08. The largest absolute Gasteiger partial charge is 0.445 e. The van der Waals surface area contributed by atoms with E-state index < -0.39 is 6.09 Å². The maximum absolute atomic E-state index is 10.2. The standard InChI is InChI=1S/C5H11N3O2/c6-5(9)10-4-1-2-8(7)3-4/h4H,1-3,7H2,(H2,6,9). The van der Waals surface area contributed by atoms with Crippen LogP contribution >= 0.6 is 0 Å². The second kappa shape index (κ2) is 2.85. The molecule has 1 heterocycles. The first-order chi connectivity index (χ1) is 4.68. The minimum atomic E-state index is -0.722. The van der Waals surface area contributed by atoms with Crippen LogP contribution < -0.4 is 11.6 Å². The van der Waals surface area contributed by atoms with Gasteiger partial charge in [0.25, 0.3) is 0 Å². The fourth-order valence-corrected chi connectivity index (χ4v) is 1.01. The van der Waals surface area contributed by atoms with E-state index in [0.29, 0.717) is 6.54 Å². The summed E-state index contributed by atoms with van der Waals surface area (Å²) in [4.78, 5) is 10.2. The fraction of sp³-hybridized carbons (Fsp3) is 0.800. The van der Waals surface area contributed by atoms with Crippen molar-refractivity contribution in [1.29, 1.82) is 0 Å². The summed E-state index contributed by atoms with van der Waals surface area (Å²) in [6.45, 7) is 1.35. The van der Waals surface area contributed by atoms with Crippen LogP contribution in [0, 0.1) is 0 Å². The van der Waals surface area contributed by atoms with Crippen LogP contribution in [0.1, 0.15) is 6.42 Å². The summed E-state index contributed by atoms with van der Waals surface area (Å²) in [5.74, 6) is 5.40. The second-order valence-corrected chi connectivity index (χ2v) is 2.34. The molecule has 1 atom stereocenters. The van der Waals surface area contributed by atoms with Crippen LogP contribution in [0.4, 0.5) is 4.79 Å². The maximum Gasteiger partial charge on any atom is 0.404 e. The van der Waals surface area contributed by atoms with Crippen molar-refractivity contribution in [2.45, 2.75) is 12.5 Å². The van der Waals surface area contributed by atoms with Gasteiger partial charge in [-0.25, -0.2) is 9.80 Å². The van der Waals surface area contributed by atoms with Gasteiger partial charge in [0.05, 0.1) is 6.54 Å². The van der Waals surface area contributed by atoms with Crippen LogP contribution in [0.2, 0.25) is 0 Å². The van der Waals surface area contributed by atoms with Crippen LogP contribution in [-0.2, 0) is 4.74 Å². The second-order valence-electron chi connectivity index (χ2n) is 2.34. The molecule has 0 spiro atoms. The molecule has 0 radical (unpaired) electrons. The molecule has 0 saturated carbocycles. The molecule has 1 rings (SSSR count). The highest BCUT2D eigenvalue weighted by molar-refractivity contribution is 5.64. The number of ether oxygens (including phenoxy) is 1. The van der Waals surface area contributed by atoms with Crippen LogP contribution in [0.5, 0.6) is 0 Å². The highest BCUT2D eigenvalue weighted by Crippen LogP contribution is 2.07. The third-order valence-electron chi connectivity index (χ3n) is 1.46. The number of hydrazine groups is 1. The first-order valence-corrected chi connectivity index (χ1v) is 3.14. The van der Waals surface area contributed by atoms with E-state index in [0.717, 1.165) is 13.0 Å². The Hall–Kier alpha value is -0.810. The van der Waals surface area contributed by atoms with Crippen molar-refractivity contribution in [3.63, 3.8) is 0 Å². The molecule has 1 unspecified atom stereocenters. The Balaban J connectivity index is 2.24. The van der Waals surface area contributed by atoms with Gasteiger partial charge < -0.3 is 10.5 Å². The Morgan fingerprint density at radius 1 is 1.70 bits per heavy atom. The van der Waals surface area contributed by atoms with E-state index >= 15 is 0 Å². The lowest BCUT2D eigenvalue weighted by Crippen LogP contribution is -2.31. The molecule has 5 nitrogen and oxygen atoms in total. The van der Waals surface area contributed by atoms with E-state index in [1.807, 2.05) is 0 Å². The highest BCUT2D eigenvalue weighted by atomic mass is 16.6. The van der Waals surface area contributed by atoms with E-state index in [9.17, 15) is 4.79 Å². The number of hydrogen-bond acceptors (Lipinski definition) is 4. The number of nitrogens with zero attached hydrogens (tertiary/aromatic N) is 1. The van der Waals surface area contributed by atoms with Gasteiger partial charge in [0, 0.05) is 6.54 Å². The molecule has 1 aliphatic rings. The van der Waals surface area contributed by atoms with Gasteiger partial charge in [0.2, 0.25) is 0 Å². The van der Waals surface area contributed by atoms with Gasteiger partial charge in [-0.15, -0.1) is 0 Å².